The minimum absolute atomic E-state index is 0.110. The molecule has 0 bridgehead atoms. The lowest BCUT2D eigenvalue weighted by Gasteiger charge is -2.04. The van der Waals surface area contributed by atoms with E-state index in [1.807, 2.05) is 27.0 Å². The quantitative estimate of drug-likeness (QED) is 0.835. The molecule has 5 nitrogen and oxygen atoms in total. The van der Waals surface area contributed by atoms with E-state index in [9.17, 15) is 4.79 Å². The van der Waals surface area contributed by atoms with Crippen LogP contribution in [0.2, 0.25) is 0 Å². The second kappa shape index (κ2) is 6.85. The molecular formula is C15H22N4OS. The zero-order chi connectivity index (χ0) is 15.4. The summed E-state index contributed by atoms with van der Waals surface area (Å²) in [5.41, 5.74) is 1.59. The molecule has 6 heteroatoms. The van der Waals surface area contributed by atoms with Gasteiger partial charge in [-0.25, -0.2) is 4.98 Å². The number of aryl methyl sites for hydroxylation is 3. The number of hydrogen-bond donors (Lipinski definition) is 1. The van der Waals surface area contributed by atoms with Gasteiger partial charge >= 0.3 is 0 Å². The fourth-order valence-electron chi connectivity index (χ4n) is 1.92. The Bertz CT molecular complexity index is 595. The van der Waals surface area contributed by atoms with Crippen LogP contribution in [0.15, 0.2) is 12.3 Å². The van der Waals surface area contributed by atoms with Crippen molar-refractivity contribution in [1.29, 1.82) is 0 Å². The molecule has 2 aromatic rings. The van der Waals surface area contributed by atoms with Crippen molar-refractivity contribution in [3.63, 3.8) is 0 Å². The van der Waals surface area contributed by atoms with E-state index in [0.29, 0.717) is 12.2 Å². The summed E-state index contributed by atoms with van der Waals surface area (Å²) in [6, 6.07) is 2.02. The molecule has 0 aromatic carbocycles. The largest absolute Gasteiger partial charge is 0.351 e. The van der Waals surface area contributed by atoms with Crippen molar-refractivity contribution >= 4 is 17.2 Å². The van der Waals surface area contributed by atoms with Crippen LogP contribution in [0, 0.1) is 13.8 Å². The Kier molecular flexibility index (Phi) is 5.12. The molecule has 21 heavy (non-hydrogen) atoms. The molecule has 0 unspecified atom stereocenters. The third kappa shape index (κ3) is 4.14. The van der Waals surface area contributed by atoms with Gasteiger partial charge in [-0.1, -0.05) is 0 Å². The summed E-state index contributed by atoms with van der Waals surface area (Å²) in [5, 5.41) is 8.30. The van der Waals surface area contributed by atoms with Crippen LogP contribution in [0.3, 0.4) is 0 Å². The van der Waals surface area contributed by atoms with Gasteiger partial charge in [-0.05, 0) is 40.2 Å². The SMILES string of the molecule is Cc1nc(CCCNC(=O)c2ccn(C(C)C)n2)sc1C. The Labute approximate surface area is 129 Å². The first-order chi connectivity index (χ1) is 9.97. The van der Waals surface area contributed by atoms with Crippen molar-refractivity contribution in [2.75, 3.05) is 6.54 Å². The summed E-state index contributed by atoms with van der Waals surface area (Å²) in [6.45, 7) is 8.83. The lowest BCUT2D eigenvalue weighted by Crippen LogP contribution is -2.25. The van der Waals surface area contributed by atoms with Crippen LogP contribution in [-0.4, -0.2) is 27.2 Å². The Morgan fingerprint density at radius 2 is 2.19 bits per heavy atom. The third-order valence-electron chi connectivity index (χ3n) is 3.30. The monoisotopic (exact) mass is 306 g/mol. The van der Waals surface area contributed by atoms with Crippen molar-refractivity contribution in [3.05, 3.63) is 33.5 Å². The second-order valence-electron chi connectivity index (χ2n) is 5.38. The number of rotatable bonds is 6. The minimum Gasteiger partial charge on any atom is -0.351 e. The molecule has 2 rings (SSSR count). The van der Waals surface area contributed by atoms with Crippen molar-refractivity contribution < 1.29 is 4.79 Å². The normalized spacial score (nSPS) is 11.1. The maximum atomic E-state index is 12.0. The number of aromatic nitrogens is 3. The molecule has 2 heterocycles. The molecule has 0 aliphatic rings. The van der Waals surface area contributed by atoms with Gasteiger partial charge in [0.2, 0.25) is 0 Å². The zero-order valence-electron chi connectivity index (χ0n) is 13.0. The topological polar surface area (TPSA) is 59.8 Å². The summed E-state index contributed by atoms with van der Waals surface area (Å²) >= 11 is 1.74. The maximum Gasteiger partial charge on any atom is 0.271 e. The molecule has 0 aliphatic carbocycles. The van der Waals surface area contributed by atoms with Gasteiger partial charge in [0.15, 0.2) is 0 Å². The molecule has 2 aromatic heterocycles. The van der Waals surface area contributed by atoms with Crippen LogP contribution >= 0.6 is 11.3 Å². The van der Waals surface area contributed by atoms with E-state index < -0.39 is 0 Å². The highest BCUT2D eigenvalue weighted by Crippen LogP contribution is 2.17. The fraction of sp³-hybridized carbons (Fsp3) is 0.533. The summed E-state index contributed by atoms with van der Waals surface area (Å²) < 4.78 is 1.79. The molecule has 0 fully saturated rings. The first kappa shape index (κ1) is 15.7. The van der Waals surface area contributed by atoms with Crippen LogP contribution in [0.1, 0.15) is 52.4 Å². The summed E-state index contributed by atoms with van der Waals surface area (Å²) in [4.78, 5) is 17.7. The van der Waals surface area contributed by atoms with E-state index in [0.717, 1.165) is 23.5 Å². The number of thiazole rings is 1. The summed E-state index contributed by atoms with van der Waals surface area (Å²) in [6.07, 6.45) is 3.63. The van der Waals surface area contributed by atoms with Gasteiger partial charge < -0.3 is 5.32 Å². The predicted molar refractivity (Wildman–Crippen MR) is 84.9 cm³/mol. The highest BCUT2D eigenvalue weighted by molar-refractivity contribution is 7.11. The van der Waals surface area contributed by atoms with Crippen molar-refractivity contribution in [1.82, 2.24) is 20.1 Å². The number of hydrogen-bond acceptors (Lipinski definition) is 4. The second-order valence-corrected chi connectivity index (χ2v) is 6.67. The number of amides is 1. The van der Waals surface area contributed by atoms with Crippen LogP contribution in [0.4, 0.5) is 0 Å². The van der Waals surface area contributed by atoms with E-state index in [4.69, 9.17) is 0 Å². The van der Waals surface area contributed by atoms with Crippen molar-refractivity contribution in [2.24, 2.45) is 0 Å². The molecule has 0 radical (unpaired) electrons. The maximum absolute atomic E-state index is 12.0. The van der Waals surface area contributed by atoms with Gasteiger partial charge in [-0.2, -0.15) is 5.10 Å². The molecule has 0 saturated heterocycles. The molecule has 0 aliphatic heterocycles. The molecule has 0 atom stereocenters. The molecule has 0 saturated carbocycles. The van der Waals surface area contributed by atoms with E-state index >= 15 is 0 Å². The highest BCUT2D eigenvalue weighted by Gasteiger charge is 2.10. The van der Waals surface area contributed by atoms with Gasteiger partial charge in [0.1, 0.15) is 5.69 Å². The zero-order valence-corrected chi connectivity index (χ0v) is 13.8. The van der Waals surface area contributed by atoms with Gasteiger partial charge in [0.25, 0.3) is 5.91 Å². The van der Waals surface area contributed by atoms with Crippen molar-refractivity contribution in [2.45, 2.75) is 46.6 Å². The molecular weight excluding hydrogens is 284 g/mol. The van der Waals surface area contributed by atoms with Crippen LogP contribution < -0.4 is 5.32 Å². The third-order valence-corrected chi connectivity index (χ3v) is 4.43. The Morgan fingerprint density at radius 1 is 1.43 bits per heavy atom. The van der Waals surface area contributed by atoms with Gasteiger partial charge in [0, 0.05) is 30.1 Å². The number of nitrogens with zero attached hydrogens (tertiary/aromatic N) is 3. The van der Waals surface area contributed by atoms with Crippen LogP contribution in [-0.2, 0) is 6.42 Å². The lowest BCUT2D eigenvalue weighted by atomic mass is 10.3. The fourth-order valence-corrected chi connectivity index (χ4v) is 2.90. The average molecular weight is 306 g/mol. The Morgan fingerprint density at radius 3 is 2.76 bits per heavy atom. The first-order valence-electron chi connectivity index (χ1n) is 7.23. The molecule has 114 valence electrons. The minimum atomic E-state index is -0.110. The van der Waals surface area contributed by atoms with E-state index in [2.05, 4.69) is 22.3 Å². The first-order valence-corrected chi connectivity index (χ1v) is 8.05. The van der Waals surface area contributed by atoms with E-state index in [-0.39, 0.29) is 11.9 Å². The van der Waals surface area contributed by atoms with E-state index in [1.54, 1.807) is 22.1 Å². The predicted octanol–water partition coefficient (Wildman–Crippen LogP) is 2.90. The Hall–Kier alpha value is -1.69. The standard InChI is InChI=1S/C15H22N4OS/c1-10(2)19-9-7-13(18-19)15(20)16-8-5-6-14-17-11(3)12(4)21-14/h7,9-10H,5-6,8H2,1-4H3,(H,16,20). The van der Waals surface area contributed by atoms with Gasteiger partial charge in [-0.15, -0.1) is 11.3 Å². The lowest BCUT2D eigenvalue weighted by molar-refractivity contribution is 0.0947. The summed E-state index contributed by atoms with van der Waals surface area (Å²) in [5.74, 6) is -0.110. The smallest absolute Gasteiger partial charge is 0.271 e. The molecule has 1 N–H and O–H groups in total. The van der Waals surface area contributed by atoms with Gasteiger partial charge in [-0.3, -0.25) is 9.48 Å². The highest BCUT2D eigenvalue weighted by atomic mass is 32.1. The van der Waals surface area contributed by atoms with Crippen molar-refractivity contribution in [3.8, 4) is 0 Å². The van der Waals surface area contributed by atoms with Gasteiger partial charge in [0.05, 0.1) is 10.7 Å². The number of nitrogens with one attached hydrogen (secondary N) is 1. The molecule has 1 amide bonds. The Balaban J connectivity index is 1.76. The van der Waals surface area contributed by atoms with E-state index in [1.165, 1.54) is 4.88 Å². The van der Waals surface area contributed by atoms with Crippen LogP contribution in [0.25, 0.3) is 0 Å². The number of carbonyl (C=O) groups is 1. The average Bonchev–Trinajstić information content (AvgIpc) is 3.03. The number of carbonyl (C=O) groups excluding carboxylic acids is 1. The molecule has 0 spiro atoms. The summed E-state index contributed by atoms with van der Waals surface area (Å²) in [7, 11) is 0. The van der Waals surface area contributed by atoms with Crippen LogP contribution in [0.5, 0.6) is 0 Å².